The molecule has 8 aromatic carbocycles. The molecular weight excluding hydrogens is 569 g/mol. The molecule has 1 heterocycles. The Kier molecular flexibility index (Phi) is 5.35. The maximum absolute atomic E-state index is 8.77. The van der Waals surface area contributed by atoms with Crippen LogP contribution in [0.15, 0.2) is 182 Å². The number of benzene rings is 8. The topological polar surface area (TPSA) is 17.8 Å². The zero-order valence-corrected chi connectivity index (χ0v) is 25.3. The first-order valence-corrected chi connectivity index (χ1v) is 15.7. The van der Waals surface area contributed by atoms with E-state index in [0.717, 1.165) is 38.2 Å². The van der Waals surface area contributed by atoms with E-state index in [1.54, 1.807) is 4.57 Å². The molecule has 0 aliphatic rings. The van der Waals surface area contributed by atoms with Crippen molar-refractivity contribution < 1.29 is 6.85 Å². The minimum Gasteiger partial charge on any atom is -0.292 e. The van der Waals surface area contributed by atoms with Gasteiger partial charge < -0.3 is 0 Å². The molecule has 2 nitrogen and oxygen atoms in total. The predicted molar refractivity (Wildman–Crippen MR) is 198 cm³/mol. The van der Waals surface area contributed by atoms with Crippen molar-refractivity contribution in [3.8, 4) is 50.5 Å². The Balaban J connectivity index is 1.26. The van der Waals surface area contributed by atoms with E-state index in [2.05, 4.69) is 109 Å². The zero-order valence-electron chi connectivity index (χ0n) is 30.3. The van der Waals surface area contributed by atoms with Crippen LogP contribution in [0.1, 0.15) is 6.85 Å². The fourth-order valence-corrected chi connectivity index (χ4v) is 6.89. The van der Waals surface area contributed by atoms with Gasteiger partial charge in [-0.3, -0.25) is 4.57 Å². The number of nitrogens with zero attached hydrogens (tertiary/aromatic N) is 2. The van der Waals surface area contributed by atoms with Crippen molar-refractivity contribution in [1.82, 2.24) is 9.55 Å². The molecule has 0 amide bonds. The number of rotatable bonds is 5. The van der Waals surface area contributed by atoms with Crippen LogP contribution in [-0.4, -0.2) is 9.55 Å². The van der Waals surface area contributed by atoms with E-state index in [4.69, 9.17) is 11.8 Å². The van der Waals surface area contributed by atoms with Crippen LogP contribution in [0.5, 0.6) is 0 Å². The molecule has 0 aliphatic carbocycles. The molecule has 220 valence electrons. The van der Waals surface area contributed by atoms with Gasteiger partial charge in [-0.2, -0.15) is 0 Å². The number of hydrogen-bond donors (Lipinski definition) is 0. The molecule has 0 atom stereocenters. The fourth-order valence-electron chi connectivity index (χ4n) is 6.89. The largest absolute Gasteiger partial charge is 0.292 e. The van der Waals surface area contributed by atoms with E-state index < -0.39 is 6.04 Å². The van der Waals surface area contributed by atoms with Gasteiger partial charge in [0.2, 0.25) is 0 Å². The lowest BCUT2D eigenvalue weighted by atomic mass is 9.84. The Bertz CT molecular complexity index is 2760. The average Bonchev–Trinajstić information content (AvgIpc) is 3.58. The maximum Gasteiger partial charge on any atom is 0.145 e. The Morgan fingerprint density at radius 2 is 0.957 bits per heavy atom. The summed E-state index contributed by atoms with van der Waals surface area (Å²) in [5, 5.41) is 4.59. The number of hydrogen-bond acceptors (Lipinski definition) is 1. The smallest absolute Gasteiger partial charge is 0.145 e. The molecule has 0 N–H and O–H groups in total. The van der Waals surface area contributed by atoms with Crippen molar-refractivity contribution in [3.63, 3.8) is 0 Å². The molecule has 0 fully saturated rings. The monoisotopic (exact) mass is 603 g/mol. The molecule has 0 spiro atoms. The highest BCUT2D eigenvalue weighted by atomic mass is 15.1. The summed E-state index contributed by atoms with van der Waals surface area (Å²) in [6.07, 6.45) is 0. The number of imidazole rings is 1. The number of aromatic nitrogens is 2. The molecule has 0 radical (unpaired) electrons. The highest BCUT2D eigenvalue weighted by molar-refractivity contribution is 6.22. The van der Waals surface area contributed by atoms with Gasteiger partial charge in [0.1, 0.15) is 5.82 Å². The summed E-state index contributed by atoms with van der Waals surface area (Å²) < 4.78 is 44.1. The van der Waals surface area contributed by atoms with E-state index in [1.807, 2.05) is 42.5 Å². The number of fused-ring (bicyclic) bond motifs is 3. The number of para-hydroxylation sites is 3. The molecule has 47 heavy (non-hydrogen) atoms. The second-order valence-electron chi connectivity index (χ2n) is 11.6. The predicted octanol–water partition coefficient (Wildman–Crippen LogP) is 12.0. The standard InChI is InChI=1S/C45H30N2/c1-3-15-31(16-4-1)35-19-7-8-20-36(35)44-39-23-11-9-21-37(39)43(38-22-10-12-24-40(38)44)32-27-29-33(30-28-32)45-46-41-25-13-14-26-42(41)47(45)34-17-5-2-6-18-34/h1-30H/i2D,5D,6D,17D,18D. The van der Waals surface area contributed by atoms with Crippen molar-refractivity contribution in [3.05, 3.63) is 182 Å². The van der Waals surface area contributed by atoms with Gasteiger partial charge in [0.15, 0.2) is 0 Å². The Hall–Kier alpha value is -6.25. The second kappa shape index (κ2) is 11.3. The van der Waals surface area contributed by atoms with Gasteiger partial charge in [-0.15, -0.1) is 0 Å². The van der Waals surface area contributed by atoms with Crippen molar-refractivity contribution in [1.29, 1.82) is 0 Å². The minimum absolute atomic E-state index is 0.0714. The SMILES string of the molecule is [2H]c1c([2H])c([2H])c(-n2c(-c3ccc(-c4c5ccccc5c(-c5ccccc5-c5ccccc5)c5ccccc45)cc3)nc3ccccc32)c([2H])c1[2H]. The summed E-state index contributed by atoms with van der Waals surface area (Å²) in [5.41, 5.74) is 9.02. The molecule has 2 heteroatoms. The molecule has 9 rings (SSSR count). The van der Waals surface area contributed by atoms with Crippen molar-refractivity contribution in [2.24, 2.45) is 0 Å². The first kappa shape index (κ1) is 22.3. The van der Waals surface area contributed by atoms with E-state index >= 15 is 0 Å². The fraction of sp³-hybridized carbons (Fsp3) is 0. The lowest BCUT2D eigenvalue weighted by Crippen LogP contribution is -1.97. The van der Waals surface area contributed by atoms with E-state index in [9.17, 15) is 0 Å². The third-order valence-electron chi connectivity index (χ3n) is 8.92. The van der Waals surface area contributed by atoms with Gasteiger partial charge >= 0.3 is 0 Å². The van der Waals surface area contributed by atoms with Crippen molar-refractivity contribution >= 4 is 32.6 Å². The summed E-state index contributed by atoms with van der Waals surface area (Å²) in [5.74, 6) is 0.494. The van der Waals surface area contributed by atoms with Crippen molar-refractivity contribution in [2.45, 2.75) is 0 Å². The summed E-state index contributed by atoms with van der Waals surface area (Å²) in [6, 6.07) is 50.2. The summed E-state index contributed by atoms with van der Waals surface area (Å²) in [4.78, 5) is 4.93. The second-order valence-corrected chi connectivity index (χ2v) is 11.6. The van der Waals surface area contributed by atoms with Gasteiger partial charge in [-0.1, -0.05) is 158 Å². The molecule has 9 aromatic rings. The summed E-state index contributed by atoms with van der Waals surface area (Å²) >= 11 is 0. The van der Waals surface area contributed by atoms with Crippen LogP contribution < -0.4 is 0 Å². The van der Waals surface area contributed by atoms with Crippen LogP contribution >= 0.6 is 0 Å². The highest BCUT2D eigenvalue weighted by Crippen LogP contribution is 2.46. The third kappa shape index (κ3) is 4.54. The molecular formula is C45H30N2. The molecule has 0 bridgehead atoms. The van der Waals surface area contributed by atoms with Gasteiger partial charge in [0.25, 0.3) is 0 Å². The minimum atomic E-state index is -0.428. The van der Waals surface area contributed by atoms with Gasteiger partial charge in [0, 0.05) is 11.3 Å². The molecule has 0 saturated heterocycles. The van der Waals surface area contributed by atoms with Crippen LogP contribution in [0, 0.1) is 0 Å². The van der Waals surface area contributed by atoms with Gasteiger partial charge in [-0.25, -0.2) is 4.98 Å². The average molecular weight is 604 g/mol. The molecule has 0 saturated carbocycles. The van der Waals surface area contributed by atoms with Crippen LogP contribution in [0.4, 0.5) is 0 Å². The summed E-state index contributed by atoms with van der Waals surface area (Å²) in [6.45, 7) is 0. The van der Waals surface area contributed by atoms with Crippen LogP contribution in [0.3, 0.4) is 0 Å². The lowest BCUT2D eigenvalue weighted by molar-refractivity contribution is 1.10. The first-order valence-electron chi connectivity index (χ1n) is 18.2. The third-order valence-corrected chi connectivity index (χ3v) is 8.92. The van der Waals surface area contributed by atoms with Crippen LogP contribution in [-0.2, 0) is 0 Å². The zero-order chi connectivity index (χ0) is 35.5. The van der Waals surface area contributed by atoms with E-state index in [1.165, 1.54) is 22.3 Å². The van der Waals surface area contributed by atoms with Crippen molar-refractivity contribution in [2.75, 3.05) is 0 Å². The summed E-state index contributed by atoms with van der Waals surface area (Å²) in [7, 11) is 0. The van der Waals surface area contributed by atoms with Gasteiger partial charge in [-0.05, 0) is 79.1 Å². The van der Waals surface area contributed by atoms with Gasteiger partial charge in [0.05, 0.1) is 17.9 Å². The first-order chi connectivity index (χ1) is 25.4. The maximum atomic E-state index is 8.77. The lowest BCUT2D eigenvalue weighted by Gasteiger charge is -2.20. The Morgan fingerprint density at radius 1 is 0.426 bits per heavy atom. The molecule has 0 unspecified atom stereocenters. The van der Waals surface area contributed by atoms with E-state index in [-0.39, 0.29) is 29.9 Å². The quantitative estimate of drug-likeness (QED) is 0.179. The normalized spacial score (nSPS) is 12.9. The highest BCUT2D eigenvalue weighted by Gasteiger charge is 2.19. The van der Waals surface area contributed by atoms with Crippen LogP contribution in [0.2, 0.25) is 0 Å². The van der Waals surface area contributed by atoms with Crippen LogP contribution in [0.25, 0.3) is 83.0 Å². The Labute approximate surface area is 280 Å². The Morgan fingerprint density at radius 3 is 1.64 bits per heavy atom. The molecule has 1 aromatic heterocycles. The molecule has 0 aliphatic heterocycles. The van der Waals surface area contributed by atoms with E-state index in [0.29, 0.717) is 16.9 Å².